The van der Waals surface area contributed by atoms with Gasteiger partial charge in [-0.1, -0.05) is 23.7 Å². The van der Waals surface area contributed by atoms with Gasteiger partial charge in [0.05, 0.1) is 11.6 Å². The zero-order chi connectivity index (χ0) is 20.2. The third-order valence-corrected chi connectivity index (χ3v) is 5.75. The molecule has 3 aromatic rings. The fourth-order valence-electron chi connectivity index (χ4n) is 4.02. The van der Waals surface area contributed by atoms with Crippen LogP contribution in [0.3, 0.4) is 0 Å². The van der Waals surface area contributed by atoms with E-state index in [9.17, 15) is 4.79 Å². The standard InChI is InChI=1S/C21H19ClN6O/c1-3-23-19(29)16-11-21(16)20-27-26-12(2)28(20)18-15(5-4-10-24-18)17(25-21)13-6-8-14(22)9-7-13/h4-10,16H,3,11H2,1-2H3,(H,23,29). The number of nitrogens with zero attached hydrogens (tertiary/aromatic N) is 5. The number of nitrogens with one attached hydrogen (secondary N) is 1. The molecule has 8 heteroatoms. The van der Waals surface area contributed by atoms with Crippen LogP contribution in [-0.4, -0.2) is 37.9 Å². The number of aliphatic imine (C=N–C) groups is 1. The Morgan fingerprint density at radius 3 is 2.83 bits per heavy atom. The first-order chi connectivity index (χ1) is 14.0. The number of hydrogen-bond donors (Lipinski definition) is 1. The van der Waals surface area contributed by atoms with Gasteiger partial charge in [0, 0.05) is 28.9 Å². The monoisotopic (exact) mass is 406 g/mol. The summed E-state index contributed by atoms with van der Waals surface area (Å²) in [5, 5.41) is 12.3. The number of carbonyl (C=O) groups is 1. The van der Waals surface area contributed by atoms with Gasteiger partial charge in [-0.3, -0.25) is 14.4 Å². The highest BCUT2D eigenvalue weighted by Crippen LogP contribution is 2.57. The second-order valence-electron chi connectivity index (χ2n) is 7.32. The van der Waals surface area contributed by atoms with Crippen molar-refractivity contribution < 1.29 is 4.79 Å². The molecule has 1 amide bonds. The van der Waals surface area contributed by atoms with Crippen LogP contribution in [0.2, 0.25) is 5.02 Å². The minimum absolute atomic E-state index is 0.0159. The predicted octanol–water partition coefficient (Wildman–Crippen LogP) is 2.83. The van der Waals surface area contributed by atoms with Crippen molar-refractivity contribution in [2.24, 2.45) is 10.9 Å². The molecule has 2 aromatic heterocycles. The molecule has 2 aliphatic rings. The molecule has 3 heterocycles. The molecule has 1 aromatic carbocycles. The van der Waals surface area contributed by atoms with Crippen LogP contribution in [0.4, 0.5) is 0 Å². The quantitative estimate of drug-likeness (QED) is 0.724. The SMILES string of the molecule is CCNC(=O)C1CC12N=C(c1ccc(Cl)cc1)c1cccnc1-n1c(C)nnc12. The van der Waals surface area contributed by atoms with Crippen molar-refractivity contribution in [1.29, 1.82) is 0 Å². The van der Waals surface area contributed by atoms with Gasteiger partial charge in [-0.25, -0.2) is 4.98 Å². The number of carbonyl (C=O) groups excluding carboxylic acids is 1. The number of rotatable bonds is 3. The van der Waals surface area contributed by atoms with Crippen LogP contribution < -0.4 is 5.32 Å². The van der Waals surface area contributed by atoms with Crippen molar-refractivity contribution in [3.63, 3.8) is 0 Å². The molecule has 1 aliphatic carbocycles. The maximum absolute atomic E-state index is 12.7. The first-order valence-electron chi connectivity index (χ1n) is 9.57. The Labute approximate surface area is 172 Å². The largest absolute Gasteiger partial charge is 0.356 e. The number of benzene rings is 1. The molecule has 1 fully saturated rings. The van der Waals surface area contributed by atoms with Gasteiger partial charge in [0.25, 0.3) is 0 Å². The summed E-state index contributed by atoms with van der Waals surface area (Å²) in [6, 6.07) is 11.4. The third-order valence-electron chi connectivity index (χ3n) is 5.49. The molecule has 1 spiro atoms. The Hall–Kier alpha value is -3.06. The van der Waals surface area contributed by atoms with E-state index in [1.165, 1.54) is 0 Å². The number of pyridine rings is 1. The topological polar surface area (TPSA) is 85.1 Å². The first kappa shape index (κ1) is 18.0. The summed E-state index contributed by atoms with van der Waals surface area (Å²) in [5.74, 6) is 1.79. The maximum atomic E-state index is 12.7. The molecule has 2 unspecified atom stereocenters. The highest BCUT2D eigenvalue weighted by Gasteiger charge is 2.64. The molecule has 1 N–H and O–H groups in total. The van der Waals surface area contributed by atoms with Crippen LogP contribution in [-0.2, 0) is 10.3 Å². The molecular formula is C21H19ClN6O. The van der Waals surface area contributed by atoms with Crippen LogP contribution >= 0.6 is 11.6 Å². The lowest BCUT2D eigenvalue weighted by atomic mass is 10.0. The second kappa shape index (κ2) is 6.49. The molecule has 0 radical (unpaired) electrons. The average Bonchev–Trinajstić information content (AvgIpc) is 3.36. The Bertz CT molecular complexity index is 1150. The number of aromatic nitrogens is 4. The van der Waals surface area contributed by atoms with E-state index in [0.717, 1.165) is 22.7 Å². The molecule has 146 valence electrons. The van der Waals surface area contributed by atoms with E-state index in [1.54, 1.807) is 6.20 Å². The maximum Gasteiger partial charge on any atom is 0.226 e. The molecular weight excluding hydrogens is 388 g/mol. The summed E-state index contributed by atoms with van der Waals surface area (Å²) in [5.41, 5.74) is 1.82. The molecule has 7 nitrogen and oxygen atoms in total. The lowest BCUT2D eigenvalue weighted by Crippen LogP contribution is -2.29. The van der Waals surface area contributed by atoms with Crippen molar-refractivity contribution in [3.05, 3.63) is 70.4 Å². The van der Waals surface area contributed by atoms with E-state index < -0.39 is 5.54 Å². The van der Waals surface area contributed by atoms with E-state index in [1.807, 2.05) is 54.8 Å². The van der Waals surface area contributed by atoms with E-state index >= 15 is 0 Å². The third kappa shape index (κ3) is 2.68. The van der Waals surface area contributed by atoms with Gasteiger partial charge in [0.1, 0.15) is 17.2 Å². The van der Waals surface area contributed by atoms with Crippen molar-refractivity contribution in [1.82, 2.24) is 25.1 Å². The minimum atomic E-state index is -0.754. The Morgan fingerprint density at radius 1 is 1.28 bits per heavy atom. The first-order valence-corrected chi connectivity index (χ1v) is 9.94. The highest BCUT2D eigenvalue weighted by molar-refractivity contribution is 6.30. The van der Waals surface area contributed by atoms with Gasteiger partial charge < -0.3 is 5.32 Å². The van der Waals surface area contributed by atoms with Crippen LogP contribution in [0.1, 0.15) is 36.1 Å². The number of hydrogen-bond acceptors (Lipinski definition) is 5. The molecule has 1 aliphatic heterocycles. The summed E-state index contributed by atoms with van der Waals surface area (Å²) in [7, 11) is 0. The van der Waals surface area contributed by atoms with Crippen LogP contribution in [0.5, 0.6) is 0 Å². The molecule has 2 atom stereocenters. The number of amides is 1. The normalized spacial score (nSPS) is 21.8. The van der Waals surface area contributed by atoms with Gasteiger partial charge in [0.15, 0.2) is 5.82 Å². The van der Waals surface area contributed by atoms with E-state index in [4.69, 9.17) is 16.6 Å². The molecule has 0 saturated heterocycles. The number of halogens is 1. The van der Waals surface area contributed by atoms with Gasteiger partial charge >= 0.3 is 0 Å². The summed E-state index contributed by atoms with van der Waals surface area (Å²) < 4.78 is 1.93. The highest BCUT2D eigenvalue weighted by atomic mass is 35.5. The minimum Gasteiger partial charge on any atom is -0.356 e. The smallest absolute Gasteiger partial charge is 0.226 e. The summed E-state index contributed by atoms with van der Waals surface area (Å²) in [4.78, 5) is 22.5. The molecule has 5 rings (SSSR count). The van der Waals surface area contributed by atoms with Crippen LogP contribution in [0.15, 0.2) is 47.6 Å². The van der Waals surface area contributed by atoms with E-state index in [0.29, 0.717) is 29.6 Å². The predicted molar refractivity (Wildman–Crippen MR) is 109 cm³/mol. The average molecular weight is 407 g/mol. The number of fused-ring (bicyclic) bond motifs is 4. The van der Waals surface area contributed by atoms with E-state index in [-0.39, 0.29) is 11.8 Å². The Balaban J connectivity index is 1.77. The Kier molecular flexibility index (Phi) is 4.03. The fraction of sp³-hybridized carbons (Fsp3) is 0.286. The van der Waals surface area contributed by atoms with Gasteiger partial charge in [-0.2, -0.15) is 0 Å². The fourth-order valence-corrected chi connectivity index (χ4v) is 4.15. The van der Waals surface area contributed by atoms with Crippen LogP contribution in [0, 0.1) is 12.8 Å². The van der Waals surface area contributed by atoms with Crippen molar-refractivity contribution in [2.75, 3.05) is 6.54 Å². The summed E-state index contributed by atoms with van der Waals surface area (Å²) in [6.45, 7) is 4.38. The van der Waals surface area contributed by atoms with Crippen LogP contribution in [0.25, 0.3) is 5.82 Å². The number of aryl methyl sites for hydroxylation is 1. The second-order valence-corrected chi connectivity index (χ2v) is 7.76. The Morgan fingerprint density at radius 2 is 2.07 bits per heavy atom. The van der Waals surface area contributed by atoms with Crippen molar-refractivity contribution >= 4 is 23.2 Å². The molecule has 0 bridgehead atoms. The van der Waals surface area contributed by atoms with Crippen molar-refractivity contribution in [3.8, 4) is 5.82 Å². The van der Waals surface area contributed by atoms with Gasteiger partial charge in [0.2, 0.25) is 5.91 Å². The summed E-state index contributed by atoms with van der Waals surface area (Å²) >= 11 is 6.10. The zero-order valence-electron chi connectivity index (χ0n) is 16.1. The zero-order valence-corrected chi connectivity index (χ0v) is 16.8. The lowest BCUT2D eigenvalue weighted by Gasteiger charge is -2.12. The molecule has 1 saturated carbocycles. The lowest BCUT2D eigenvalue weighted by molar-refractivity contribution is -0.122. The van der Waals surface area contributed by atoms with E-state index in [2.05, 4.69) is 20.5 Å². The molecule has 29 heavy (non-hydrogen) atoms. The summed E-state index contributed by atoms with van der Waals surface area (Å²) in [6.07, 6.45) is 2.33. The van der Waals surface area contributed by atoms with Crippen molar-refractivity contribution in [2.45, 2.75) is 25.8 Å². The van der Waals surface area contributed by atoms with Gasteiger partial charge in [-0.15, -0.1) is 10.2 Å². The van der Waals surface area contributed by atoms with Gasteiger partial charge in [-0.05, 0) is 44.5 Å².